The zero-order valence-electron chi connectivity index (χ0n) is 14.2. The molecule has 4 rings (SSSR count). The third-order valence-electron chi connectivity index (χ3n) is 4.05. The highest BCUT2D eigenvalue weighted by Gasteiger charge is 2.09. The summed E-state index contributed by atoms with van der Waals surface area (Å²) in [6.45, 7) is 2.08. The van der Waals surface area contributed by atoms with E-state index in [2.05, 4.69) is 49.4 Å². The van der Waals surface area contributed by atoms with Gasteiger partial charge >= 0.3 is 0 Å². The van der Waals surface area contributed by atoms with Gasteiger partial charge in [0.15, 0.2) is 0 Å². The van der Waals surface area contributed by atoms with Crippen molar-refractivity contribution in [2.75, 3.05) is 5.32 Å². The maximum atomic E-state index is 4.59. The molecule has 0 aliphatic rings. The Labute approximate surface area is 150 Å². The number of aromatic nitrogens is 6. The Morgan fingerprint density at radius 3 is 2.46 bits per heavy atom. The second-order valence-corrected chi connectivity index (χ2v) is 5.80. The molecule has 0 saturated carbocycles. The van der Waals surface area contributed by atoms with Crippen LogP contribution in [0.2, 0.25) is 0 Å². The molecule has 4 aromatic rings. The fourth-order valence-electron chi connectivity index (χ4n) is 2.65. The molecular weight excluding hydrogens is 326 g/mol. The lowest BCUT2D eigenvalue weighted by molar-refractivity contribution is 0.850. The van der Waals surface area contributed by atoms with Gasteiger partial charge in [0, 0.05) is 24.2 Å². The van der Waals surface area contributed by atoms with Crippen molar-refractivity contribution in [1.82, 2.24) is 29.7 Å². The fraction of sp³-hybridized carbons (Fsp3) is 0.105. The molecule has 0 unspecified atom stereocenters. The predicted octanol–water partition coefficient (Wildman–Crippen LogP) is 3.29. The van der Waals surface area contributed by atoms with Crippen molar-refractivity contribution < 1.29 is 0 Å². The average Bonchev–Trinajstić information content (AvgIpc) is 3.24. The summed E-state index contributed by atoms with van der Waals surface area (Å²) in [5, 5.41) is 7.48. The van der Waals surface area contributed by atoms with Crippen LogP contribution in [0.3, 0.4) is 0 Å². The van der Waals surface area contributed by atoms with Crippen LogP contribution in [0.25, 0.3) is 16.9 Å². The SMILES string of the molecule is C[C@@H](Nc1nccc(-c2ccncc2)n1)c1ccc(-n2cncn2)cc1. The highest BCUT2D eigenvalue weighted by Crippen LogP contribution is 2.21. The Balaban J connectivity index is 1.50. The second kappa shape index (κ2) is 7.10. The van der Waals surface area contributed by atoms with Crippen LogP contribution in [-0.2, 0) is 0 Å². The van der Waals surface area contributed by atoms with Gasteiger partial charge in [-0.15, -0.1) is 0 Å². The molecule has 26 heavy (non-hydrogen) atoms. The Bertz CT molecular complexity index is 966. The Kier molecular flexibility index (Phi) is 4.34. The van der Waals surface area contributed by atoms with Gasteiger partial charge in [-0.25, -0.2) is 19.6 Å². The quantitative estimate of drug-likeness (QED) is 0.599. The van der Waals surface area contributed by atoms with Gasteiger partial charge in [0.25, 0.3) is 0 Å². The largest absolute Gasteiger partial charge is 0.348 e. The minimum Gasteiger partial charge on any atom is -0.348 e. The third-order valence-corrected chi connectivity index (χ3v) is 4.05. The van der Waals surface area contributed by atoms with Gasteiger partial charge in [-0.05, 0) is 42.8 Å². The first-order valence-electron chi connectivity index (χ1n) is 8.24. The Morgan fingerprint density at radius 1 is 0.923 bits per heavy atom. The van der Waals surface area contributed by atoms with Crippen LogP contribution in [0, 0.1) is 0 Å². The lowest BCUT2D eigenvalue weighted by Crippen LogP contribution is -2.09. The molecule has 0 aliphatic heterocycles. The van der Waals surface area contributed by atoms with Crippen molar-refractivity contribution in [2.24, 2.45) is 0 Å². The number of nitrogens with one attached hydrogen (secondary N) is 1. The maximum absolute atomic E-state index is 4.59. The molecule has 7 nitrogen and oxygen atoms in total. The molecule has 1 atom stereocenters. The van der Waals surface area contributed by atoms with Crippen molar-refractivity contribution in [3.8, 4) is 16.9 Å². The normalized spacial score (nSPS) is 11.9. The molecule has 0 bridgehead atoms. The molecule has 3 aromatic heterocycles. The van der Waals surface area contributed by atoms with Crippen LogP contribution < -0.4 is 5.32 Å². The fourth-order valence-corrected chi connectivity index (χ4v) is 2.65. The molecule has 0 aliphatic carbocycles. The van der Waals surface area contributed by atoms with E-state index in [9.17, 15) is 0 Å². The molecule has 0 radical (unpaired) electrons. The van der Waals surface area contributed by atoms with E-state index in [1.807, 2.05) is 30.3 Å². The average molecular weight is 343 g/mol. The van der Waals surface area contributed by atoms with E-state index in [4.69, 9.17) is 0 Å². The van der Waals surface area contributed by atoms with Crippen LogP contribution >= 0.6 is 0 Å². The van der Waals surface area contributed by atoms with E-state index in [0.29, 0.717) is 5.95 Å². The van der Waals surface area contributed by atoms with E-state index < -0.39 is 0 Å². The van der Waals surface area contributed by atoms with Gasteiger partial charge in [0.05, 0.1) is 17.4 Å². The number of rotatable bonds is 5. The summed E-state index contributed by atoms with van der Waals surface area (Å²) in [5.41, 5.74) is 3.97. The highest BCUT2D eigenvalue weighted by atomic mass is 15.3. The minimum absolute atomic E-state index is 0.0625. The van der Waals surface area contributed by atoms with Gasteiger partial charge in [-0.1, -0.05) is 12.1 Å². The topological polar surface area (TPSA) is 81.4 Å². The van der Waals surface area contributed by atoms with Crippen LogP contribution in [0.1, 0.15) is 18.5 Å². The number of pyridine rings is 1. The summed E-state index contributed by atoms with van der Waals surface area (Å²) >= 11 is 0. The van der Waals surface area contributed by atoms with Gasteiger partial charge in [-0.3, -0.25) is 4.98 Å². The van der Waals surface area contributed by atoms with Crippen LogP contribution in [0.5, 0.6) is 0 Å². The minimum atomic E-state index is 0.0625. The first-order valence-corrected chi connectivity index (χ1v) is 8.24. The summed E-state index contributed by atoms with van der Waals surface area (Å²) in [5.74, 6) is 0.590. The first kappa shape index (κ1) is 15.9. The number of hydrogen-bond acceptors (Lipinski definition) is 6. The number of anilines is 1. The third kappa shape index (κ3) is 3.41. The molecule has 0 spiro atoms. The van der Waals surface area contributed by atoms with Crippen molar-refractivity contribution in [2.45, 2.75) is 13.0 Å². The van der Waals surface area contributed by atoms with Crippen LogP contribution in [0.15, 0.2) is 73.7 Å². The first-order chi connectivity index (χ1) is 12.8. The van der Waals surface area contributed by atoms with Crippen LogP contribution in [0.4, 0.5) is 5.95 Å². The molecule has 0 fully saturated rings. The number of hydrogen-bond donors (Lipinski definition) is 1. The van der Waals surface area contributed by atoms with Gasteiger partial charge < -0.3 is 5.32 Å². The van der Waals surface area contributed by atoms with Gasteiger partial charge in [-0.2, -0.15) is 5.10 Å². The van der Waals surface area contributed by atoms with E-state index in [1.54, 1.807) is 29.6 Å². The maximum Gasteiger partial charge on any atom is 0.223 e. The summed E-state index contributed by atoms with van der Waals surface area (Å²) in [6, 6.07) is 13.9. The predicted molar refractivity (Wildman–Crippen MR) is 98.7 cm³/mol. The van der Waals surface area contributed by atoms with Crippen molar-refractivity contribution >= 4 is 5.95 Å². The monoisotopic (exact) mass is 343 g/mol. The van der Waals surface area contributed by atoms with Crippen molar-refractivity contribution in [1.29, 1.82) is 0 Å². The van der Waals surface area contributed by atoms with Crippen molar-refractivity contribution in [3.63, 3.8) is 0 Å². The zero-order chi connectivity index (χ0) is 17.8. The summed E-state index contributed by atoms with van der Waals surface area (Å²) in [6.07, 6.45) is 8.46. The Hall–Kier alpha value is -3.61. The molecule has 0 amide bonds. The van der Waals surface area contributed by atoms with Crippen molar-refractivity contribution in [3.05, 3.63) is 79.3 Å². The van der Waals surface area contributed by atoms with Gasteiger partial charge in [0.2, 0.25) is 5.95 Å². The second-order valence-electron chi connectivity index (χ2n) is 5.80. The highest BCUT2D eigenvalue weighted by molar-refractivity contribution is 5.59. The van der Waals surface area contributed by atoms with E-state index in [0.717, 1.165) is 22.5 Å². The lowest BCUT2D eigenvalue weighted by atomic mass is 10.1. The molecule has 3 heterocycles. The molecule has 7 heteroatoms. The smallest absolute Gasteiger partial charge is 0.223 e. The van der Waals surface area contributed by atoms with Gasteiger partial charge in [0.1, 0.15) is 12.7 Å². The molecule has 128 valence electrons. The summed E-state index contributed by atoms with van der Waals surface area (Å²) in [4.78, 5) is 16.9. The molecule has 1 aromatic carbocycles. The van der Waals surface area contributed by atoms with Crippen LogP contribution in [-0.4, -0.2) is 29.7 Å². The van der Waals surface area contributed by atoms with E-state index in [1.165, 1.54) is 6.33 Å². The molecular formula is C19H17N7. The molecule has 1 N–H and O–H groups in total. The standard InChI is InChI=1S/C19H17N7/c1-14(15-2-4-17(5-3-15)26-13-21-12-23-26)24-19-22-11-8-18(25-19)16-6-9-20-10-7-16/h2-14H,1H3,(H,22,24,25)/t14-/m1/s1. The number of benzene rings is 1. The Morgan fingerprint density at radius 2 is 1.73 bits per heavy atom. The summed E-state index contributed by atoms with van der Waals surface area (Å²) in [7, 11) is 0. The van der Waals surface area contributed by atoms with E-state index >= 15 is 0 Å². The van der Waals surface area contributed by atoms with E-state index in [-0.39, 0.29) is 6.04 Å². The summed E-state index contributed by atoms with van der Waals surface area (Å²) < 4.78 is 1.73. The zero-order valence-corrected chi connectivity index (χ0v) is 14.2. The lowest BCUT2D eigenvalue weighted by Gasteiger charge is -2.15. The molecule has 0 saturated heterocycles. The number of nitrogens with zero attached hydrogens (tertiary/aromatic N) is 6.